The summed E-state index contributed by atoms with van der Waals surface area (Å²) in [4.78, 5) is 0. The Morgan fingerprint density at radius 1 is 0.706 bits per heavy atom. The maximum atomic E-state index is 5.68. The minimum atomic E-state index is 0.728. The topological polar surface area (TPSA) is 18.5 Å². The second-order valence-electron chi connectivity index (χ2n) is 3.07. The van der Waals surface area contributed by atoms with Gasteiger partial charge in [0.05, 0.1) is 7.11 Å². The van der Waals surface area contributed by atoms with Crippen LogP contribution in [-0.2, 0) is 0 Å². The van der Waals surface area contributed by atoms with Crippen molar-refractivity contribution in [3.8, 4) is 17.2 Å². The largest absolute Gasteiger partial charge is 0.493 e. The van der Waals surface area contributed by atoms with Crippen molar-refractivity contribution < 1.29 is 9.47 Å². The van der Waals surface area contributed by atoms with Gasteiger partial charge in [0.15, 0.2) is 11.5 Å². The Labute approximate surface area is 103 Å². The summed E-state index contributed by atoms with van der Waals surface area (Å²) < 4.78 is 10.9. The molecule has 0 aromatic heterocycles. The summed E-state index contributed by atoms with van der Waals surface area (Å²) in [5.74, 6) is 2.27. The fourth-order valence-electron chi connectivity index (χ4n) is 1.32. The quantitative estimate of drug-likeness (QED) is 0.772. The summed E-state index contributed by atoms with van der Waals surface area (Å²) in [5, 5.41) is 0. The van der Waals surface area contributed by atoms with Crippen molar-refractivity contribution in [1.82, 2.24) is 0 Å². The van der Waals surface area contributed by atoms with E-state index in [-0.39, 0.29) is 0 Å². The Balaban J connectivity index is 0.000000686. The van der Waals surface area contributed by atoms with E-state index in [2.05, 4.69) is 0 Å². The van der Waals surface area contributed by atoms with Crippen LogP contribution in [0.15, 0.2) is 54.6 Å². The molecule has 0 spiro atoms. The Morgan fingerprint density at radius 3 is 1.82 bits per heavy atom. The summed E-state index contributed by atoms with van der Waals surface area (Å²) in [5.41, 5.74) is 0. The minimum absolute atomic E-state index is 0.728. The van der Waals surface area contributed by atoms with Gasteiger partial charge in [-0.1, -0.05) is 44.2 Å². The molecule has 90 valence electrons. The molecule has 0 unspecified atom stereocenters. The molecule has 0 aliphatic carbocycles. The highest BCUT2D eigenvalue weighted by Gasteiger charge is 2.02. The van der Waals surface area contributed by atoms with Crippen LogP contribution in [0.5, 0.6) is 17.2 Å². The summed E-state index contributed by atoms with van der Waals surface area (Å²) in [7, 11) is 1.63. The van der Waals surface area contributed by atoms with Crippen molar-refractivity contribution in [3.63, 3.8) is 0 Å². The molecule has 0 aliphatic heterocycles. The Kier molecular flexibility index (Phi) is 5.66. The van der Waals surface area contributed by atoms with Crippen LogP contribution < -0.4 is 9.47 Å². The van der Waals surface area contributed by atoms with E-state index in [9.17, 15) is 0 Å². The van der Waals surface area contributed by atoms with Gasteiger partial charge in [-0.05, 0) is 24.3 Å². The fraction of sp³-hybridized carbons (Fsp3) is 0.200. The van der Waals surface area contributed by atoms with E-state index in [0.717, 1.165) is 17.2 Å². The Hall–Kier alpha value is -1.96. The van der Waals surface area contributed by atoms with Crippen LogP contribution in [0.1, 0.15) is 13.8 Å². The minimum Gasteiger partial charge on any atom is -0.493 e. The number of benzene rings is 2. The molecule has 0 bridgehead atoms. The maximum absolute atomic E-state index is 5.68. The average Bonchev–Trinajstić information content (AvgIpc) is 2.43. The van der Waals surface area contributed by atoms with Gasteiger partial charge in [0.1, 0.15) is 5.75 Å². The highest BCUT2D eigenvalue weighted by molar-refractivity contribution is 5.42. The van der Waals surface area contributed by atoms with Crippen molar-refractivity contribution in [3.05, 3.63) is 54.6 Å². The second-order valence-corrected chi connectivity index (χ2v) is 3.07. The first-order valence-electron chi connectivity index (χ1n) is 5.76. The van der Waals surface area contributed by atoms with Gasteiger partial charge < -0.3 is 9.47 Å². The van der Waals surface area contributed by atoms with Gasteiger partial charge in [0.2, 0.25) is 0 Å². The van der Waals surface area contributed by atoms with Crippen molar-refractivity contribution in [1.29, 1.82) is 0 Å². The van der Waals surface area contributed by atoms with Crippen LogP contribution in [0, 0.1) is 0 Å². The summed E-state index contributed by atoms with van der Waals surface area (Å²) in [6, 6.07) is 17.2. The fourth-order valence-corrected chi connectivity index (χ4v) is 1.32. The lowest BCUT2D eigenvalue weighted by molar-refractivity contribution is 0.379. The number of para-hydroxylation sites is 3. The highest BCUT2D eigenvalue weighted by atomic mass is 16.5. The van der Waals surface area contributed by atoms with Crippen molar-refractivity contribution in [2.75, 3.05) is 7.11 Å². The third kappa shape index (κ3) is 3.83. The van der Waals surface area contributed by atoms with Gasteiger partial charge in [-0.3, -0.25) is 0 Å². The zero-order valence-corrected chi connectivity index (χ0v) is 10.5. The third-order valence-corrected chi connectivity index (χ3v) is 2.04. The number of rotatable bonds is 3. The van der Waals surface area contributed by atoms with Gasteiger partial charge in [-0.2, -0.15) is 0 Å². The summed E-state index contributed by atoms with van der Waals surface area (Å²) >= 11 is 0. The number of hydrogen-bond acceptors (Lipinski definition) is 2. The molecule has 0 N–H and O–H groups in total. The first-order chi connectivity index (χ1) is 8.40. The van der Waals surface area contributed by atoms with E-state index in [1.807, 2.05) is 68.4 Å². The molecular formula is C15H18O2. The molecular weight excluding hydrogens is 212 g/mol. The highest BCUT2D eigenvalue weighted by Crippen LogP contribution is 2.30. The molecule has 0 saturated heterocycles. The lowest BCUT2D eigenvalue weighted by Gasteiger charge is -2.09. The predicted molar refractivity (Wildman–Crippen MR) is 70.9 cm³/mol. The monoisotopic (exact) mass is 230 g/mol. The van der Waals surface area contributed by atoms with Crippen LogP contribution in [0.4, 0.5) is 0 Å². The Morgan fingerprint density at radius 2 is 1.24 bits per heavy atom. The first kappa shape index (κ1) is 13.1. The predicted octanol–water partition coefficient (Wildman–Crippen LogP) is 4.51. The summed E-state index contributed by atoms with van der Waals surface area (Å²) in [6.45, 7) is 4.00. The zero-order chi connectivity index (χ0) is 12.5. The zero-order valence-electron chi connectivity index (χ0n) is 10.5. The van der Waals surface area contributed by atoms with Crippen LogP contribution in [0.2, 0.25) is 0 Å². The maximum Gasteiger partial charge on any atom is 0.169 e. The van der Waals surface area contributed by atoms with E-state index in [4.69, 9.17) is 9.47 Å². The average molecular weight is 230 g/mol. The Bertz CT molecular complexity index is 424. The second kappa shape index (κ2) is 7.34. The number of methoxy groups -OCH3 is 1. The number of hydrogen-bond donors (Lipinski definition) is 0. The normalized spacial score (nSPS) is 8.88. The molecule has 0 heterocycles. The van der Waals surface area contributed by atoms with Gasteiger partial charge in [0, 0.05) is 0 Å². The van der Waals surface area contributed by atoms with E-state index in [0.29, 0.717) is 0 Å². The van der Waals surface area contributed by atoms with Crippen molar-refractivity contribution in [2.24, 2.45) is 0 Å². The molecule has 0 fully saturated rings. The third-order valence-electron chi connectivity index (χ3n) is 2.04. The first-order valence-corrected chi connectivity index (χ1v) is 5.76. The van der Waals surface area contributed by atoms with Gasteiger partial charge in [0.25, 0.3) is 0 Å². The summed E-state index contributed by atoms with van der Waals surface area (Å²) in [6.07, 6.45) is 0. The van der Waals surface area contributed by atoms with E-state index in [1.165, 1.54) is 0 Å². The molecule has 0 radical (unpaired) electrons. The van der Waals surface area contributed by atoms with E-state index in [1.54, 1.807) is 7.11 Å². The van der Waals surface area contributed by atoms with E-state index >= 15 is 0 Å². The molecule has 2 aromatic carbocycles. The molecule has 0 aliphatic rings. The van der Waals surface area contributed by atoms with Crippen LogP contribution in [0.25, 0.3) is 0 Å². The molecule has 2 nitrogen and oxygen atoms in total. The molecule has 0 saturated carbocycles. The molecule has 2 aromatic rings. The molecule has 2 rings (SSSR count). The number of ether oxygens (including phenoxy) is 2. The lowest BCUT2D eigenvalue weighted by atomic mass is 10.3. The van der Waals surface area contributed by atoms with E-state index < -0.39 is 0 Å². The van der Waals surface area contributed by atoms with Crippen LogP contribution in [-0.4, -0.2) is 7.11 Å². The van der Waals surface area contributed by atoms with Crippen molar-refractivity contribution >= 4 is 0 Å². The standard InChI is InChI=1S/C13H12O2.C2H6/c1-14-12-9-5-6-10-13(12)15-11-7-3-2-4-8-11;1-2/h2-10H,1H3;1-2H3. The van der Waals surface area contributed by atoms with Gasteiger partial charge in [-0.25, -0.2) is 0 Å². The molecule has 2 heteroatoms. The van der Waals surface area contributed by atoms with Gasteiger partial charge in [-0.15, -0.1) is 0 Å². The molecule has 0 amide bonds. The van der Waals surface area contributed by atoms with Crippen LogP contribution in [0.3, 0.4) is 0 Å². The SMILES string of the molecule is CC.COc1ccccc1Oc1ccccc1. The molecule has 17 heavy (non-hydrogen) atoms. The lowest BCUT2D eigenvalue weighted by Crippen LogP contribution is -1.89. The molecule has 0 atom stereocenters. The smallest absolute Gasteiger partial charge is 0.169 e. The van der Waals surface area contributed by atoms with Gasteiger partial charge >= 0.3 is 0 Å². The van der Waals surface area contributed by atoms with Crippen molar-refractivity contribution in [2.45, 2.75) is 13.8 Å². The van der Waals surface area contributed by atoms with Crippen LogP contribution >= 0.6 is 0 Å².